The molecule has 0 heterocycles. The summed E-state index contributed by atoms with van der Waals surface area (Å²) in [6.07, 6.45) is 1.10. The van der Waals surface area contributed by atoms with Crippen molar-refractivity contribution in [2.45, 2.75) is 71.1 Å². The molecule has 0 aromatic carbocycles. The zero-order valence-corrected chi connectivity index (χ0v) is 15.6. The highest BCUT2D eigenvalue weighted by Gasteiger charge is 2.40. The molecule has 4 heteroatoms. The third-order valence-corrected chi connectivity index (χ3v) is 7.67. The number of rotatable bonds is 7. The largest absolute Gasteiger partial charge is 0.466 e. The second-order valence-electron chi connectivity index (χ2n) is 7.53. The molecule has 0 aromatic rings. The smallest absolute Gasteiger partial charge is 0.306 e. The van der Waals surface area contributed by atoms with E-state index in [1.807, 2.05) is 6.92 Å². The van der Waals surface area contributed by atoms with Crippen LogP contribution in [0.4, 0.5) is 0 Å². The lowest BCUT2D eigenvalue weighted by Gasteiger charge is -2.36. The first-order valence-corrected chi connectivity index (χ1v) is 14.5. The van der Waals surface area contributed by atoms with Crippen LogP contribution < -0.4 is 0 Å². The van der Waals surface area contributed by atoms with Gasteiger partial charge in [0.05, 0.1) is 20.2 Å². The third-order valence-electron chi connectivity index (χ3n) is 3.34. The van der Waals surface area contributed by atoms with Gasteiger partial charge in [-0.25, -0.2) is 0 Å². The molecule has 2 nitrogen and oxygen atoms in total. The van der Waals surface area contributed by atoms with Crippen molar-refractivity contribution >= 4 is 22.1 Å². The van der Waals surface area contributed by atoms with E-state index >= 15 is 0 Å². The summed E-state index contributed by atoms with van der Waals surface area (Å²) in [4.78, 5) is 12.3. The van der Waals surface area contributed by atoms with E-state index < -0.39 is 16.1 Å². The minimum atomic E-state index is -1.52. The Bertz CT molecular complexity index is 264. The Morgan fingerprint density at radius 3 is 1.83 bits per heavy atom. The van der Waals surface area contributed by atoms with Crippen molar-refractivity contribution in [2.75, 3.05) is 6.61 Å². The molecule has 0 amide bonds. The summed E-state index contributed by atoms with van der Waals surface area (Å²) in [5.74, 6) is 0.573. The number of esters is 1. The van der Waals surface area contributed by atoms with Crippen molar-refractivity contribution in [1.82, 2.24) is 0 Å². The molecule has 0 aliphatic heterocycles. The molecule has 2 atom stereocenters. The van der Waals surface area contributed by atoms with Crippen LogP contribution in [0.25, 0.3) is 0 Å². The topological polar surface area (TPSA) is 26.3 Å². The zero-order valence-electron chi connectivity index (χ0n) is 13.6. The predicted octanol–water partition coefficient (Wildman–Crippen LogP) is 4.62. The van der Waals surface area contributed by atoms with Crippen molar-refractivity contribution in [3.8, 4) is 0 Å². The molecule has 108 valence electrons. The summed E-state index contributed by atoms with van der Waals surface area (Å²) in [5.41, 5.74) is 0.161. The molecule has 0 saturated carbocycles. The highest BCUT2D eigenvalue weighted by Crippen LogP contribution is 2.38. The second kappa shape index (κ2) is 6.89. The Morgan fingerprint density at radius 1 is 1.06 bits per heavy atom. The van der Waals surface area contributed by atoms with Gasteiger partial charge < -0.3 is 4.74 Å². The average molecular weight is 289 g/mol. The molecule has 0 N–H and O–H groups in total. The minimum absolute atomic E-state index is 0.0572. The first kappa shape index (κ1) is 17.9. The van der Waals surface area contributed by atoms with Crippen molar-refractivity contribution in [1.29, 1.82) is 0 Å². The van der Waals surface area contributed by atoms with Gasteiger partial charge in [-0.3, -0.25) is 4.79 Å². The molecule has 0 spiro atoms. The van der Waals surface area contributed by atoms with Gasteiger partial charge in [-0.15, -0.1) is 0 Å². The van der Waals surface area contributed by atoms with Gasteiger partial charge in [-0.2, -0.15) is 0 Å². The molecule has 0 unspecified atom stereocenters. The fourth-order valence-electron chi connectivity index (χ4n) is 2.77. The van der Waals surface area contributed by atoms with Crippen LogP contribution in [-0.2, 0) is 9.53 Å². The van der Waals surface area contributed by atoms with Crippen LogP contribution in [0.15, 0.2) is 0 Å². The van der Waals surface area contributed by atoms with Gasteiger partial charge in [-0.1, -0.05) is 58.7 Å². The Hall–Kier alpha value is -0.0962. The van der Waals surface area contributed by atoms with E-state index in [9.17, 15) is 4.79 Å². The summed E-state index contributed by atoms with van der Waals surface area (Å²) < 4.78 is 5.34. The van der Waals surface area contributed by atoms with Crippen LogP contribution in [0.2, 0.25) is 50.9 Å². The van der Waals surface area contributed by atoms with Gasteiger partial charge in [0.15, 0.2) is 0 Å². The van der Waals surface area contributed by atoms with Gasteiger partial charge in [0.25, 0.3) is 0 Å². The van der Waals surface area contributed by atoms with Crippen LogP contribution in [0, 0.1) is 5.92 Å². The molecule has 0 fully saturated rings. The maximum atomic E-state index is 12.3. The van der Waals surface area contributed by atoms with Crippen LogP contribution in [0.1, 0.15) is 20.3 Å². The standard InChI is InChI=1S/C14H32O2Si2/c1-9-12(11-17(3,4)5)13(18(6,7)8)14(15)16-10-2/h12-13H,9-11H2,1-8H3/t12-,13-/m0/s1. The highest BCUT2D eigenvalue weighted by molar-refractivity contribution is 6.81. The number of ether oxygens (including phenoxy) is 1. The monoisotopic (exact) mass is 288 g/mol. The molecule has 0 aromatic heterocycles. The van der Waals surface area contributed by atoms with E-state index in [0.29, 0.717) is 12.5 Å². The van der Waals surface area contributed by atoms with Gasteiger partial charge >= 0.3 is 5.97 Å². The van der Waals surface area contributed by atoms with Gasteiger partial charge in [0.1, 0.15) is 0 Å². The Balaban J connectivity index is 5.09. The molecule has 0 aliphatic carbocycles. The fraction of sp³-hybridized carbons (Fsp3) is 0.929. The van der Waals surface area contributed by atoms with E-state index in [1.165, 1.54) is 6.04 Å². The predicted molar refractivity (Wildman–Crippen MR) is 85.7 cm³/mol. The van der Waals surface area contributed by atoms with E-state index in [-0.39, 0.29) is 11.5 Å². The number of carbonyl (C=O) groups is 1. The van der Waals surface area contributed by atoms with E-state index in [1.54, 1.807) is 0 Å². The quantitative estimate of drug-likeness (QED) is 0.504. The Morgan fingerprint density at radius 2 is 1.56 bits per heavy atom. The first-order valence-electron chi connectivity index (χ1n) is 7.19. The maximum absolute atomic E-state index is 12.3. The van der Waals surface area contributed by atoms with Crippen LogP contribution in [0.5, 0.6) is 0 Å². The lowest BCUT2D eigenvalue weighted by atomic mass is 10.0. The first-order chi connectivity index (χ1) is 8.03. The van der Waals surface area contributed by atoms with E-state index in [4.69, 9.17) is 4.74 Å². The number of hydrogen-bond donors (Lipinski definition) is 0. The summed E-state index contributed by atoms with van der Waals surface area (Å²) in [5, 5.41) is 0. The molecule has 0 rings (SSSR count). The summed E-state index contributed by atoms with van der Waals surface area (Å²) >= 11 is 0. The third kappa shape index (κ3) is 6.18. The minimum Gasteiger partial charge on any atom is -0.466 e. The molecule has 0 aliphatic rings. The molecule has 18 heavy (non-hydrogen) atoms. The molecule has 0 saturated heterocycles. The van der Waals surface area contributed by atoms with Crippen LogP contribution in [-0.4, -0.2) is 28.7 Å². The summed E-state index contributed by atoms with van der Waals surface area (Å²) in [6, 6.07) is 1.23. The number of hydrogen-bond acceptors (Lipinski definition) is 2. The van der Waals surface area contributed by atoms with E-state index in [0.717, 1.165) is 6.42 Å². The normalized spacial score (nSPS) is 16.2. The number of carbonyl (C=O) groups excluding carboxylic acids is 1. The average Bonchev–Trinajstić information content (AvgIpc) is 2.12. The van der Waals surface area contributed by atoms with Crippen molar-refractivity contribution in [3.63, 3.8) is 0 Å². The van der Waals surface area contributed by atoms with Crippen molar-refractivity contribution in [3.05, 3.63) is 0 Å². The lowest BCUT2D eigenvalue weighted by Crippen LogP contribution is -2.41. The zero-order chi connectivity index (χ0) is 14.6. The van der Waals surface area contributed by atoms with Crippen LogP contribution >= 0.6 is 0 Å². The second-order valence-corrected chi connectivity index (χ2v) is 18.4. The van der Waals surface area contributed by atoms with Gasteiger partial charge in [0.2, 0.25) is 0 Å². The summed E-state index contributed by atoms with van der Waals surface area (Å²) in [6.45, 7) is 18.7. The Labute approximate surface area is 116 Å². The molecule has 0 radical (unpaired) electrons. The van der Waals surface area contributed by atoms with Crippen LogP contribution in [0.3, 0.4) is 0 Å². The SMILES string of the molecule is CCOC(=O)[C@H]([C@@H](CC)C[Si](C)(C)C)[Si](C)(C)C. The van der Waals surface area contributed by atoms with E-state index in [2.05, 4.69) is 46.2 Å². The highest BCUT2D eigenvalue weighted by atomic mass is 28.3. The van der Waals surface area contributed by atoms with Crippen molar-refractivity contribution in [2.24, 2.45) is 5.92 Å². The molecular formula is C14H32O2Si2. The van der Waals surface area contributed by atoms with Gasteiger partial charge in [0, 0.05) is 8.07 Å². The molecular weight excluding hydrogens is 256 g/mol. The summed E-state index contributed by atoms with van der Waals surface area (Å²) in [7, 11) is -2.66. The molecule has 0 bridgehead atoms. The van der Waals surface area contributed by atoms with Gasteiger partial charge in [-0.05, 0) is 12.8 Å². The van der Waals surface area contributed by atoms with Crippen molar-refractivity contribution < 1.29 is 9.53 Å². The lowest BCUT2D eigenvalue weighted by molar-refractivity contribution is -0.144. The Kier molecular flexibility index (Phi) is 6.86. The fourth-order valence-corrected chi connectivity index (χ4v) is 7.66. The maximum Gasteiger partial charge on any atom is 0.306 e.